The van der Waals surface area contributed by atoms with Gasteiger partial charge in [-0.05, 0) is 57.7 Å². The number of fused-ring (bicyclic) bond motifs is 1. The van der Waals surface area contributed by atoms with Crippen LogP contribution in [-0.2, 0) is 6.42 Å². The smallest absolute Gasteiger partial charge is 0.191 e. The molecule has 3 rings (SSSR count). The summed E-state index contributed by atoms with van der Waals surface area (Å²) in [5.74, 6) is 0.978. The average Bonchev–Trinajstić information content (AvgIpc) is 3.12. The number of benzene rings is 1. The average molecular weight is 499 g/mol. The largest absolute Gasteiger partial charge is 0.366 e. The first-order chi connectivity index (χ1) is 13.2. The number of nitrogens with one attached hydrogen (secondary N) is 2. The van der Waals surface area contributed by atoms with Gasteiger partial charge < -0.3 is 20.4 Å². The number of likely N-dealkylation sites (tertiary alicyclic amines) is 1. The molecule has 28 heavy (non-hydrogen) atoms. The number of anilines is 1. The van der Waals surface area contributed by atoms with Crippen LogP contribution in [0.4, 0.5) is 5.69 Å². The first-order valence-corrected chi connectivity index (χ1v) is 10.8. The van der Waals surface area contributed by atoms with Crippen LogP contribution in [0.5, 0.6) is 0 Å². The molecule has 1 atom stereocenters. The Morgan fingerprint density at radius 2 is 1.93 bits per heavy atom. The zero-order valence-corrected chi connectivity index (χ0v) is 20.1. The summed E-state index contributed by atoms with van der Waals surface area (Å²) in [6.45, 7) is 13.2. The van der Waals surface area contributed by atoms with Gasteiger partial charge in [0.2, 0.25) is 0 Å². The number of para-hydroxylation sites is 1. The van der Waals surface area contributed by atoms with E-state index in [2.05, 4.69) is 65.5 Å². The molecule has 2 aliphatic heterocycles. The Balaban J connectivity index is 0.00000280. The van der Waals surface area contributed by atoms with Crippen LogP contribution in [0.2, 0.25) is 0 Å². The van der Waals surface area contributed by atoms with Gasteiger partial charge in [-0.15, -0.1) is 24.0 Å². The maximum absolute atomic E-state index is 4.92. The number of rotatable bonds is 7. The van der Waals surface area contributed by atoms with Crippen molar-refractivity contribution < 1.29 is 0 Å². The Labute approximate surface area is 188 Å². The molecule has 0 amide bonds. The SMILES string of the molecule is CCCN1CCC(NC(=NCC(C)N2CCc3ccccc32)NCC)CC1.I. The highest BCUT2D eigenvalue weighted by molar-refractivity contribution is 14.0. The van der Waals surface area contributed by atoms with E-state index in [1.165, 1.54) is 50.1 Å². The van der Waals surface area contributed by atoms with Gasteiger partial charge in [-0.2, -0.15) is 0 Å². The predicted molar refractivity (Wildman–Crippen MR) is 131 cm³/mol. The van der Waals surface area contributed by atoms with Crippen LogP contribution in [0.25, 0.3) is 0 Å². The lowest BCUT2D eigenvalue weighted by molar-refractivity contribution is 0.206. The van der Waals surface area contributed by atoms with Crippen molar-refractivity contribution >= 4 is 35.6 Å². The molecule has 1 saturated heterocycles. The Morgan fingerprint density at radius 1 is 1.18 bits per heavy atom. The second-order valence-electron chi connectivity index (χ2n) is 7.90. The minimum Gasteiger partial charge on any atom is -0.366 e. The molecule has 1 aromatic carbocycles. The summed E-state index contributed by atoms with van der Waals surface area (Å²) < 4.78 is 0. The maximum Gasteiger partial charge on any atom is 0.191 e. The molecule has 0 radical (unpaired) electrons. The van der Waals surface area contributed by atoms with Gasteiger partial charge in [0.05, 0.1) is 6.54 Å². The first-order valence-electron chi connectivity index (χ1n) is 10.8. The quantitative estimate of drug-likeness (QED) is 0.343. The number of halogens is 1. The summed E-state index contributed by atoms with van der Waals surface area (Å²) in [7, 11) is 0. The van der Waals surface area contributed by atoms with Crippen molar-refractivity contribution in [3.8, 4) is 0 Å². The van der Waals surface area contributed by atoms with Crippen molar-refractivity contribution in [2.75, 3.05) is 44.2 Å². The normalized spacial score (nSPS) is 19.1. The highest BCUT2D eigenvalue weighted by Gasteiger charge is 2.23. The summed E-state index contributed by atoms with van der Waals surface area (Å²) in [6, 6.07) is 9.74. The summed E-state index contributed by atoms with van der Waals surface area (Å²) in [4.78, 5) is 10.0. The lowest BCUT2D eigenvalue weighted by Gasteiger charge is -2.33. The zero-order valence-electron chi connectivity index (χ0n) is 17.8. The number of hydrogen-bond acceptors (Lipinski definition) is 3. The van der Waals surface area contributed by atoms with Gasteiger partial charge in [0, 0.05) is 44.0 Å². The molecule has 1 fully saturated rings. The molecule has 158 valence electrons. The van der Waals surface area contributed by atoms with Crippen molar-refractivity contribution in [3.63, 3.8) is 0 Å². The van der Waals surface area contributed by atoms with Crippen LogP contribution in [0, 0.1) is 0 Å². The number of guanidine groups is 1. The van der Waals surface area contributed by atoms with E-state index in [4.69, 9.17) is 4.99 Å². The predicted octanol–water partition coefficient (Wildman–Crippen LogP) is 3.49. The van der Waals surface area contributed by atoms with Crippen LogP contribution >= 0.6 is 24.0 Å². The molecule has 1 unspecified atom stereocenters. The van der Waals surface area contributed by atoms with Crippen LogP contribution in [0.15, 0.2) is 29.3 Å². The number of nitrogens with zero attached hydrogens (tertiary/aromatic N) is 3. The second-order valence-corrected chi connectivity index (χ2v) is 7.90. The fourth-order valence-electron chi connectivity index (χ4n) is 4.27. The van der Waals surface area contributed by atoms with Gasteiger partial charge in [-0.25, -0.2) is 0 Å². The third-order valence-electron chi connectivity index (χ3n) is 5.78. The molecule has 5 nitrogen and oxygen atoms in total. The van der Waals surface area contributed by atoms with Gasteiger partial charge in [0.1, 0.15) is 0 Å². The topological polar surface area (TPSA) is 42.9 Å². The van der Waals surface area contributed by atoms with Crippen LogP contribution < -0.4 is 15.5 Å². The molecule has 1 aromatic rings. The van der Waals surface area contributed by atoms with Crippen molar-refractivity contribution in [1.29, 1.82) is 0 Å². The summed E-state index contributed by atoms with van der Waals surface area (Å²) in [6.07, 6.45) is 4.82. The number of aliphatic imine (C=N–C) groups is 1. The Morgan fingerprint density at radius 3 is 2.64 bits per heavy atom. The molecule has 6 heteroatoms. The van der Waals surface area contributed by atoms with Crippen molar-refractivity contribution in [2.24, 2.45) is 4.99 Å². The van der Waals surface area contributed by atoms with E-state index >= 15 is 0 Å². The van der Waals surface area contributed by atoms with E-state index in [0.29, 0.717) is 12.1 Å². The van der Waals surface area contributed by atoms with Crippen LogP contribution in [0.3, 0.4) is 0 Å². The summed E-state index contributed by atoms with van der Waals surface area (Å²) >= 11 is 0. The molecule has 0 saturated carbocycles. The standard InChI is InChI=1S/C22H37N5.HI/c1-4-13-26-14-11-20(12-15-26)25-22(23-5-2)24-17-18(3)27-16-10-19-8-6-7-9-21(19)27;/h6-9,18,20H,4-5,10-17H2,1-3H3,(H2,23,24,25);1H. The van der Waals surface area contributed by atoms with E-state index < -0.39 is 0 Å². The summed E-state index contributed by atoms with van der Waals surface area (Å²) in [5, 5.41) is 7.12. The van der Waals surface area contributed by atoms with Crippen LogP contribution in [0.1, 0.15) is 45.6 Å². The van der Waals surface area contributed by atoms with Gasteiger partial charge in [0.15, 0.2) is 5.96 Å². The third-order valence-corrected chi connectivity index (χ3v) is 5.78. The van der Waals surface area contributed by atoms with E-state index in [1.54, 1.807) is 0 Å². The molecular weight excluding hydrogens is 461 g/mol. The molecular formula is C22H38IN5. The highest BCUT2D eigenvalue weighted by atomic mass is 127. The minimum absolute atomic E-state index is 0. The molecule has 2 heterocycles. The van der Waals surface area contributed by atoms with Gasteiger partial charge in [-0.3, -0.25) is 4.99 Å². The third kappa shape index (κ3) is 6.24. The van der Waals surface area contributed by atoms with Gasteiger partial charge >= 0.3 is 0 Å². The Bertz CT molecular complexity index is 613. The first kappa shape index (κ1) is 23.3. The van der Waals surface area contributed by atoms with Gasteiger partial charge in [0.25, 0.3) is 0 Å². The molecule has 0 aromatic heterocycles. The Kier molecular flexibility index (Phi) is 9.85. The fraction of sp³-hybridized carbons (Fsp3) is 0.682. The number of piperidine rings is 1. The van der Waals surface area contributed by atoms with E-state index in [-0.39, 0.29) is 24.0 Å². The highest BCUT2D eigenvalue weighted by Crippen LogP contribution is 2.29. The minimum atomic E-state index is 0. The fourth-order valence-corrected chi connectivity index (χ4v) is 4.27. The molecule has 0 bridgehead atoms. The van der Waals surface area contributed by atoms with Crippen molar-refractivity contribution in [3.05, 3.63) is 29.8 Å². The van der Waals surface area contributed by atoms with Crippen molar-refractivity contribution in [1.82, 2.24) is 15.5 Å². The zero-order chi connectivity index (χ0) is 19.1. The van der Waals surface area contributed by atoms with E-state index in [0.717, 1.165) is 32.0 Å². The lowest BCUT2D eigenvalue weighted by Crippen LogP contribution is -2.49. The molecule has 0 spiro atoms. The molecule has 0 aliphatic carbocycles. The molecule has 2 aliphatic rings. The lowest BCUT2D eigenvalue weighted by atomic mass is 10.1. The Hall–Kier alpha value is -1.02. The number of hydrogen-bond donors (Lipinski definition) is 2. The van der Waals surface area contributed by atoms with Crippen LogP contribution in [-0.4, -0.2) is 62.2 Å². The maximum atomic E-state index is 4.92. The summed E-state index contributed by atoms with van der Waals surface area (Å²) in [5.41, 5.74) is 2.86. The van der Waals surface area contributed by atoms with E-state index in [1.807, 2.05) is 0 Å². The van der Waals surface area contributed by atoms with Crippen molar-refractivity contribution in [2.45, 2.75) is 58.5 Å². The van der Waals surface area contributed by atoms with Gasteiger partial charge in [-0.1, -0.05) is 25.1 Å². The molecule has 2 N–H and O–H groups in total. The van der Waals surface area contributed by atoms with E-state index in [9.17, 15) is 0 Å². The monoisotopic (exact) mass is 499 g/mol. The second kappa shape index (κ2) is 11.9.